The number of thioether (sulfide) groups is 1. The molecule has 0 radical (unpaired) electrons. The van der Waals surface area contributed by atoms with Crippen molar-refractivity contribution in [1.82, 2.24) is 0 Å². The number of carboxylic acid groups (broad SMARTS) is 1. The van der Waals surface area contributed by atoms with Crippen LogP contribution in [0.5, 0.6) is 0 Å². The zero-order valence-electron chi connectivity index (χ0n) is 8.44. The maximum absolute atomic E-state index is 10.9. The summed E-state index contributed by atoms with van der Waals surface area (Å²) in [4.78, 5) is 11.9. The first-order valence-electron chi connectivity index (χ1n) is 4.78. The summed E-state index contributed by atoms with van der Waals surface area (Å²) in [7, 11) is 0. The molecule has 1 N–H and O–H groups in total. The lowest BCUT2D eigenvalue weighted by Gasteiger charge is -2.10. The Bertz CT molecular complexity index is 341. The second kappa shape index (κ2) is 6.18. The van der Waals surface area contributed by atoms with Gasteiger partial charge in [-0.1, -0.05) is 35.3 Å². The smallest absolute Gasteiger partial charge is 0.316 e. The van der Waals surface area contributed by atoms with Crippen LogP contribution in [0.2, 0.25) is 0 Å². The van der Waals surface area contributed by atoms with Crippen LogP contribution >= 0.6 is 27.7 Å². The number of carbonyl (C=O) groups is 1. The van der Waals surface area contributed by atoms with Crippen LogP contribution in [0.1, 0.15) is 19.8 Å². The minimum Gasteiger partial charge on any atom is -0.480 e. The third kappa shape index (κ3) is 4.26. The first-order valence-corrected chi connectivity index (χ1v) is 6.45. The molecule has 1 aromatic carbocycles. The number of carboxylic acids is 1. The quantitative estimate of drug-likeness (QED) is 0.838. The maximum Gasteiger partial charge on any atom is 0.316 e. The molecular formula is C11H13BrO2S. The predicted molar refractivity (Wildman–Crippen MR) is 66.3 cm³/mol. The second-order valence-electron chi connectivity index (χ2n) is 3.19. The number of halogens is 1. The summed E-state index contributed by atoms with van der Waals surface area (Å²) in [5.41, 5.74) is 0. The second-order valence-corrected chi connectivity index (χ2v) is 5.38. The first-order chi connectivity index (χ1) is 7.13. The zero-order chi connectivity index (χ0) is 11.3. The van der Waals surface area contributed by atoms with Crippen LogP contribution in [0.4, 0.5) is 0 Å². The topological polar surface area (TPSA) is 37.3 Å². The molecule has 82 valence electrons. The highest BCUT2D eigenvalue weighted by Gasteiger charge is 2.17. The maximum atomic E-state index is 10.9. The molecule has 15 heavy (non-hydrogen) atoms. The van der Waals surface area contributed by atoms with Gasteiger partial charge in [-0.25, -0.2) is 0 Å². The van der Waals surface area contributed by atoms with Crippen molar-refractivity contribution in [3.05, 3.63) is 28.7 Å². The number of rotatable bonds is 5. The van der Waals surface area contributed by atoms with Gasteiger partial charge in [-0.2, -0.15) is 0 Å². The van der Waals surface area contributed by atoms with Crippen molar-refractivity contribution in [2.75, 3.05) is 0 Å². The Morgan fingerprint density at radius 2 is 2.33 bits per heavy atom. The molecule has 0 aliphatic heterocycles. The highest BCUT2D eigenvalue weighted by Crippen LogP contribution is 2.28. The molecule has 0 aliphatic carbocycles. The van der Waals surface area contributed by atoms with E-state index in [1.165, 1.54) is 11.8 Å². The minimum absolute atomic E-state index is 0.343. The van der Waals surface area contributed by atoms with Crippen LogP contribution in [0.3, 0.4) is 0 Å². The Balaban J connectivity index is 2.69. The fourth-order valence-electron chi connectivity index (χ4n) is 1.20. The van der Waals surface area contributed by atoms with Crippen LogP contribution in [0.15, 0.2) is 33.6 Å². The molecule has 1 unspecified atom stereocenters. The zero-order valence-corrected chi connectivity index (χ0v) is 10.8. The lowest BCUT2D eigenvalue weighted by atomic mass is 10.2. The van der Waals surface area contributed by atoms with Crippen LogP contribution in [0.25, 0.3) is 0 Å². The van der Waals surface area contributed by atoms with Crippen LogP contribution in [-0.2, 0) is 4.79 Å². The van der Waals surface area contributed by atoms with E-state index >= 15 is 0 Å². The first kappa shape index (κ1) is 12.6. The lowest BCUT2D eigenvalue weighted by Crippen LogP contribution is -2.15. The molecule has 0 heterocycles. The van der Waals surface area contributed by atoms with Gasteiger partial charge in [-0.3, -0.25) is 4.79 Å². The van der Waals surface area contributed by atoms with Gasteiger partial charge in [0, 0.05) is 9.37 Å². The van der Waals surface area contributed by atoms with Crippen LogP contribution < -0.4 is 0 Å². The highest BCUT2D eigenvalue weighted by atomic mass is 79.9. The molecule has 1 atom stereocenters. The highest BCUT2D eigenvalue weighted by molar-refractivity contribution is 9.10. The summed E-state index contributed by atoms with van der Waals surface area (Å²) in [5.74, 6) is -0.734. The Labute approximate surface area is 102 Å². The van der Waals surface area contributed by atoms with E-state index in [9.17, 15) is 4.79 Å². The van der Waals surface area contributed by atoms with E-state index in [1.54, 1.807) is 0 Å². The van der Waals surface area contributed by atoms with Crippen molar-refractivity contribution in [2.45, 2.75) is 29.9 Å². The molecule has 0 saturated carbocycles. The van der Waals surface area contributed by atoms with E-state index in [0.717, 1.165) is 15.8 Å². The summed E-state index contributed by atoms with van der Waals surface area (Å²) in [6, 6.07) is 7.72. The molecule has 1 aromatic rings. The van der Waals surface area contributed by atoms with Crippen molar-refractivity contribution in [3.8, 4) is 0 Å². The van der Waals surface area contributed by atoms with Crippen molar-refractivity contribution >= 4 is 33.7 Å². The van der Waals surface area contributed by atoms with Crippen molar-refractivity contribution < 1.29 is 9.90 Å². The third-order valence-electron chi connectivity index (χ3n) is 1.90. The molecular weight excluding hydrogens is 276 g/mol. The van der Waals surface area contributed by atoms with Gasteiger partial charge >= 0.3 is 5.97 Å². The standard InChI is InChI=1S/C11H13BrO2S/c1-2-4-10(11(13)14)15-9-6-3-5-8(12)7-9/h3,5-7,10H,2,4H2,1H3,(H,13,14). The summed E-state index contributed by atoms with van der Waals surface area (Å²) < 4.78 is 0.980. The monoisotopic (exact) mass is 288 g/mol. The van der Waals surface area contributed by atoms with Gasteiger partial charge in [0.2, 0.25) is 0 Å². The molecule has 0 aromatic heterocycles. The van der Waals surface area contributed by atoms with E-state index in [1.807, 2.05) is 31.2 Å². The Morgan fingerprint density at radius 1 is 1.60 bits per heavy atom. The molecule has 2 nitrogen and oxygen atoms in total. The largest absolute Gasteiger partial charge is 0.480 e. The number of hydrogen-bond acceptors (Lipinski definition) is 2. The fraction of sp³-hybridized carbons (Fsp3) is 0.364. The van der Waals surface area contributed by atoms with Crippen LogP contribution in [-0.4, -0.2) is 16.3 Å². The van der Waals surface area contributed by atoms with E-state index in [4.69, 9.17) is 5.11 Å². The van der Waals surface area contributed by atoms with Gasteiger partial charge in [-0.05, 0) is 24.6 Å². The van der Waals surface area contributed by atoms with E-state index in [0.29, 0.717) is 6.42 Å². The molecule has 0 fully saturated rings. The van der Waals surface area contributed by atoms with Crippen LogP contribution in [0, 0.1) is 0 Å². The van der Waals surface area contributed by atoms with Gasteiger partial charge in [-0.15, -0.1) is 11.8 Å². The summed E-state index contributed by atoms with van der Waals surface area (Å²) in [6.07, 6.45) is 1.59. The molecule has 0 amide bonds. The SMILES string of the molecule is CCCC(Sc1cccc(Br)c1)C(=O)O. The summed E-state index contributed by atoms with van der Waals surface area (Å²) >= 11 is 4.77. The molecule has 0 spiro atoms. The predicted octanol–water partition coefficient (Wildman–Crippen LogP) is 3.79. The lowest BCUT2D eigenvalue weighted by molar-refractivity contribution is -0.136. The van der Waals surface area contributed by atoms with E-state index in [2.05, 4.69) is 15.9 Å². The van der Waals surface area contributed by atoms with Gasteiger partial charge < -0.3 is 5.11 Å². The van der Waals surface area contributed by atoms with Crippen molar-refractivity contribution in [1.29, 1.82) is 0 Å². The summed E-state index contributed by atoms with van der Waals surface area (Å²) in [6.45, 7) is 2.00. The minimum atomic E-state index is -0.734. The van der Waals surface area contributed by atoms with Gasteiger partial charge in [0.1, 0.15) is 5.25 Å². The third-order valence-corrected chi connectivity index (χ3v) is 3.64. The number of hydrogen-bond donors (Lipinski definition) is 1. The summed E-state index contributed by atoms with van der Waals surface area (Å²) in [5, 5.41) is 8.66. The van der Waals surface area contributed by atoms with Crippen molar-refractivity contribution in [3.63, 3.8) is 0 Å². The van der Waals surface area contributed by atoms with Gasteiger partial charge in [0.15, 0.2) is 0 Å². The Kier molecular flexibility index (Phi) is 5.19. The molecule has 4 heteroatoms. The number of benzene rings is 1. The van der Waals surface area contributed by atoms with Crippen molar-refractivity contribution in [2.24, 2.45) is 0 Å². The normalized spacial score (nSPS) is 12.4. The molecule has 0 bridgehead atoms. The van der Waals surface area contributed by atoms with Gasteiger partial charge in [0.05, 0.1) is 0 Å². The average molecular weight is 289 g/mol. The Hall–Kier alpha value is -0.480. The molecule has 0 aliphatic rings. The molecule has 0 saturated heterocycles. The van der Waals surface area contributed by atoms with E-state index in [-0.39, 0.29) is 5.25 Å². The van der Waals surface area contributed by atoms with E-state index < -0.39 is 5.97 Å². The molecule has 1 rings (SSSR count). The fourth-order valence-corrected chi connectivity index (χ4v) is 2.89. The number of aliphatic carboxylic acids is 1. The van der Waals surface area contributed by atoms with Gasteiger partial charge in [0.25, 0.3) is 0 Å². The average Bonchev–Trinajstić information content (AvgIpc) is 2.17. The Morgan fingerprint density at radius 3 is 2.87 bits per heavy atom.